The molecular weight excluding hydrogens is 729 g/mol. The van der Waals surface area contributed by atoms with Gasteiger partial charge in [-0.2, -0.15) is 0 Å². The van der Waals surface area contributed by atoms with Crippen molar-refractivity contribution >= 4 is 8.32 Å². The number of aliphatic hydroxyl groups excluding tert-OH is 1. The zero-order valence-corrected chi connectivity index (χ0v) is 37.1. The largest absolute Gasteiger partial charge is 0.417 e. The second-order valence-electron chi connectivity index (χ2n) is 17.5. The Bertz CT molecular complexity index is 1420. The molecule has 0 saturated carbocycles. The zero-order chi connectivity index (χ0) is 40.6. The van der Waals surface area contributed by atoms with Crippen molar-refractivity contribution in [2.75, 3.05) is 19.8 Å². The van der Waals surface area contributed by atoms with E-state index < -0.39 is 39.0 Å². The van der Waals surface area contributed by atoms with E-state index in [0.29, 0.717) is 31.5 Å². The Kier molecular flexibility index (Phi) is 22.1. The van der Waals surface area contributed by atoms with E-state index in [4.69, 9.17) is 28.1 Å². The molecule has 0 bridgehead atoms. The second-order valence-corrected chi connectivity index (χ2v) is 22.3. The van der Waals surface area contributed by atoms with Gasteiger partial charge < -0.3 is 33.2 Å². The average molecular weight is 805 g/mol. The minimum atomic E-state index is -1.59. The van der Waals surface area contributed by atoms with Crippen LogP contribution in [0.3, 0.4) is 0 Å². The lowest BCUT2D eigenvalue weighted by Gasteiger charge is -2.44. The molecule has 57 heavy (non-hydrogen) atoms. The number of benzene rings is 3. The van der Waals surface area contributed by atoms with Gasteiger partial charge in [-0.1, -0.05) is 189 Å². The summed E-state index contributed by atoms with van der Waals surface area (Å²) in [6.45, 7) is 14.5. The molecule has 4 rings (SSSR count). The topological polar surface area (TPSA) is 75.6 Å². The third-order valence-electron chi connectivity index (χ3n) is 11.7. The fourth-order valence-corrected chi connectivity index (χ4v) is 8.12. The Morgan fingerprint density at radius 2 is 0.930 bits per heavy atom. The number of ether oxygens (including phenoxy) is 5. The van der Waals surface area contributed by atoms with Crippen LogP contribution < -0.4 is 0 Å². The lowest BCUT2D eigenvalue weighted by Crippen LogP contribution is -2.61. The van der Waals surface area contributed by atoms with Crippen LogP contribution in [0, 0.1) is 0 Å². The molecule has 0 radical (unpaired) electrons. The molecule has 1 fully saturated rings. The normalized spacial score (nSPS) is 20.2. The van der Waals surface area contributed by atoms with Gasteiger partial charge in [0, 0.05) is 13.2 Å². The van der Waals surface area contributed by atoms with Crippen molar-refractivity contribution < 1.29 is 33.2 Å². The first-order valence-corrected chi connectivity index (χ1v) is 25.1. The Morgan fingerprint density at radius 1 is 0.526 bits per heavy atom. The second kappa shape index (κ2) is 26.6. The number of hydrogen-bond acceptors (Lipinski definition) is 7. The Hall–Kier alpha value is -2.40. The minimum absolute atomic E-state index is 0.278. The standard InChI is InChI=1S/C49H76O7Si/c1-49(2,3)57(4,5)55-36-28-17-15-13-11-9-7-6-8-10-12-14-16-27-35-52-48-45(50)47(54-39-43-33-25-20-26-34-43)46(53-38-42-31-23-19-24-32-42)44(56-48)40-51-37-41-29-21-18-22-30-41/h18-26,29-34,44-48,50H,6-17,27-28,35-40H2,1-5H3/t44-,45-,46-,47-,48-/m1/s1. The summed E-state index contributed by atoms with van der Waals surface area (Å²) in [5, 5.41) is 12.0. The maximum atomic E-state index is 11.7. The van der Waals surface area contributed by atoms with Crippen molar-refractivity contribution in [3.63, 3.8) is 0 Å². The summed E-state index contributed by atoms with van der Waals surface area (Å²) in [5.74, 6) is 0. The number of rotatable bonds is 29. The highest BCUT2D eigenvalue weighted by Gasteiger charge is 2.47. The number of unbranched alkanes of at least 4 members (excludes halogenated alkanes) is 13. The first-order chi connectivity index (χ1) is 27.6. The Balaban J connectivity index is 1.14. The highest BCUT2D eigenvalue weighted by Crippen LogP contribution is 2.36. The van der Waals surface area contributed by atoms with Gasteiger partial charge in [-0.15, -0.1) is 0 Å². The van der Waals surface area contributed by atoms with E-state index >= 15 is 0 Å². The van der Waals surface area contributed by atoms with Crippen LogP contribution in [0.25, 0.3) is 0 Å². The van der Waals surface area contributed by atoms with E-state index in [1.54, 1.807) is 0 Å². The van der Waals surface area contributed by atoms with Crippen molar-refractivity contribution in [1.82, 2.24) is 0 Å². The van der Waals surface area contributed by atoms with Gasteiger partial charge in [-0.25, -0.2) is 0 Å². The van der Waals surface area contributed by atoms with Crippen molar-refractivity contribution in [2.24, 2.45) is 0 Å². The molecule has 5 atom stereocenters. The monoisotopic (exact) mass is 805 g/mol. The fourth-order valence-electron chi connectivity index (χ4n) is 7.03. The molecular formula is C49H76O7Si. The quantitative estimate of drug-likeness (QED) is 0.0553. The summed E-state index contributed by atoms with van der Waals surface area (Å²) in [6, 6.07) is 30.2. The van der Waals surface area contributed by atoms with Crippen LogP contribution in [0.15, 0.2) is 91.0 Å². The maximum absolute atomic E-state index is 11.7. The Morgan fingerprint density at radius 3 is 1.39 bits per heavy atom. The van der Waals surface area contributed by atoms with Crippen molar-refractivity contribution in [1.29, 1.82) is 0 Å². The maximum Gasteiger partial charge on any atom is 0.191 e. The fraction of sp³-hybridized carbons (Fsp3) is 0.633. The zero-order valence-electron chi connectivity index (χ0n) is 36.1. The third kappa shape index (κ3) is 18.2. The van der Waals surface area contributed by atoms with Crippen LogP contribution >= 0.6 is 0 Å². The summed E-state index contributed by atoms with van der Waals surface area (Å²) < 4.78 is 38.2. The predicted molar refractivity (Wildman–Crippen MR) is 235 cm³/mol. The van der Waals surface area contributed by atoms with Gasteiger partial charge >= 0.3 is 0 Å². The minimum Gasteiger partial charge on any atom is -0.417 e. The average Bonchev–Trinajstić information content (AvgIpc) is 3.21. The number of hydrogen-bond donors (Lipinski definition) is 1. The van der Waals surface area contributed by atoms with Crippen LogP contribution in [-0.4, -0.2) is 64.0 Å². The van der Waals surface area contributed by atoms with E-state index in [2.05, 4.69) is 33.9 Å². The number of aliphatic hydroxyl groups is 1. The molecule has 1 N–H and O–H groups in total. The van der Waals surface area contributed by atoms with Gasteiger partial charge in [-0.3, -0.25) is 0 Å². The summed E-state index contributed by atoms with van der Waals surface area (Å²) in [7, 11) is -1.59. The van der Waals surface area contributed by atoms with Gasteiger partial charge in [-0.05, 0) is 47.7 Å². The highest BCUT2D eigenvalue weighted by molar-refractivity contribution is 6.74. The van der Waals surface area contributed by atoms with Gasteiger partial charge in [0.15, 0.2) is 14.6 Å². The van der Waals surface area contributed by atoms with Crippen molar-refractivity contribution in [3.05, 3.63) is 108 Å². The first kappa shape index (κ1) is 47.3. The van der Waals surface area contributed by atoms with Crippen molar-refractivity contribution in [2.45, 2.75) is 179 Å². The van der Waals surface area contributed by atoms with E-state index in [9.17, 15) is 5.11 Å². The molecule has 1 aliphatic heterocycles. The van der Waals surface area contributed by atoms with E-state index in [1.165, 1.54) is 77.0 Å². The van der Waals surface area contributed by atoms with Gasteiger partial charge in [0.2, 0.25) is 0 Å². The summed E-state index contributed by atoms with van der Waals surface area (Å²) in [4.78, 5) is 0. The molecule has 0 amide bonds. The molecule has 1 aliphatic rings. The molecule has 3 aromatic carbocycles. The summed E-state index contributed by atoms with van der Waals surface area (Å²) in [5.41, 5.74) is 3.15. The van der Waals surface area contributed by atoms with E-state index in [0.717, 1.165) is 36.1 Å². The highest BCUT2D eigenvalue weighted by atomic mass is 28.4. The smallest absolute Gasteiger partial charge is 0.191 e. The molecule has 318 valence electrons. The summed E-state index contributed by atoms with van der Waals surface area (Å²) in [6.07, 6.45) is 14.2. The van der Waals surface area contributed by atoms with Crippen LogP contribution in [0.4, 0.5) is 0 Å². The predicted octanol–water partition coefficient (Wildman–Crippen LogP) is 12.0. The van der Waals surface area contributed by atoms with E-state index in [1.807, 2.05) is 91.0 Å². The van der Waals surface area contributed by atoms with Crippen LogP contribution in [0.5, 0.6) is 0 Å². The van der Waals surface area contributed by atoms with Crippen LogP contribution in [-0.2, 0) is 47.9 Å². The molecule has 0 aliphatic carbocycles. The lowest BCUT2D eigenvalue weighted by atomic mass is 9.98. The van der Waals surface area contributed by atoms with Crippen LogP contribution in [0.2, 0.25) is 18.1 Å². The molecule has 8 heteroatoms. The molecule has 0 spiro atoms. The SMILES string of the molecule is CC(C)(C)[Si](C)(C)OCCCCCCCCCCCCCCCCO[C@@H]1O[C@H](COCc2ccccc2)[C@@H](OCc2ccccc2)[C@H](OCc2ccccc2)[C@H]1O. The van der Waals surface area contributed by atoms with E-state index in [-0.39, 0.29) is 6.61 Å². The van der Waals surface area contributed by atoms with Gasteiger partial charge in [0.25, 0.3) is 0 Å². The molecule has 7 nitrogen and oxygen atoms in total. The lowest BCUT2D eigenvalue weighted by molar-refractivity contribution is -0.319. The first-order valence-electron chi connectivity index (χ1n) is 22.2. The van der Waals surface area contributed by atoms with Crippen molar-refractivity contribution in [3.8, 4) is 0 Å². The third-order valence-corrected chi connectivity index (χ3v) is 16.2. The molecule has 0 aromatic heterocycles. The Labute approximate surface area is 347 Å². The molecule has 0 unspecified atom stereocenters. The van der Waals surface area contributed by atoms with Gasteiger partial charge in [0.1, 0.15) is 24.4 Å². The molecule has 3 aromatic rings. The van der Waals surface area contributed by atoms with Gasteiger partial charge in [0.05, 0.1) is 26.4 Å². The molecule has 1 heterocycles. The summed E-state index contributed by atoms with van der Waals surface area (Å²) >= 11 is 0. The molecule has 1 saturated heterocycles. The van der Waals surface area contributed by atoms with Crippen LogP contribution in [0.1, 0.15) is 127 Å².